The molecule has 0 fully saturated rings. The Bertz CT molecular complexity index is 1630. The molecule has 5 rings (SSSR count). The zero-order valence-corrected chi connectivity index (χ0v) is 25.3. The molecule has 8 heteroatoms. The minimum atomic E-state index is -0.578. The summed E-state index contributed by atoms with van der Waals surface area (Å²) < 4.78 is 15.9. The standard InChI is InChI=1S/C36H34N2O6/c1-36(2,3)44-35(41)37-27-14-6-23(7-15-27)22-24-8-16-28(17-9-24)38-33(39)31(25-10-18-29(42-4)19-11-25)32(34(38)40)26-12-20-30(43-5)21-13-26/h6-21H,22H2,1-5H3,(H,37,41). The maximum atomic E-state index is 13.9. The summed E-state index contributed by atoms with van der Waals surface area (Å²) in [5.74, 6) is 0.510. The summed E-state index contributed by atoms with van der Waals surface area (Å²) in [6.45, 7) is 5.44. The average molecular weight is 591 g/mol. The van der Waals surface area contributed by atoms with Crippen LogP contribution < -0.4 is 19.7 Å². The van der Waals surface area contributed by atoms with E-state index >= 15 is 0 Å². The first-order chi connectivity index (χ1) is 21.1. The van der Waals surface area contributed by atoms with E-state index in [1.54, 1.807) is 74.9 Å². The number of imide groups is 1. The number of methoxy groups -OCH3 is 2. The Morgan fingerprint density at radius 2 is 1.09 bits per heavy atom. The second-order valence-corrected chi connectivity index (χ2v) is 11.3. The quantitative estimate of drug-likeness (QED) is 0.220. The Hall–Kier alpha value is -5.37. The molecule has 1 N–H and O–H groups in total. The highest BCUT2D eigenvalue weighted by molar-refractivity contribution is 6.57. The van der Waals surface area contributed by atoms with Gasteiger partial charge in [-0.3, -0.25) is 14.9 Å². The molecule has 224 valence electrons. The molecule has 0 atom stereocenters. The van der Waals surface area contributed by atoms with Gasteiger partial charge in [0, 0.05) is 5.69 Å². The molecule has 8 nitrogen and oxygen atoms in total. The van der Waals surface area contributed by atoms with E-state index in [1.165, 1.54) is 4.90 Å². The predicted octanol–water partition coefficient (Wildman–Crippen LogP) is 7.13. The molecule has 44 heavy (non-hydrogen) atoms. The number of carbonyl (C=O) groups excluding carboxylic acids is 3. The lowest BCUT2D eigenvalue weighted by atomic mass is 9.96. The van der Waals surface area contributed by atoms with Crippen LogP contribution in [0.25, 0.3) is 11.1 Å². The molecule has 4 aromatic carbocycles. The van der Waals surface area contributed by atoms with Crippen LogP contribution in [-0.2, 0) is 20.7 Å². The van der Waals surface area contributed by atoms with Crippen molar-refractivity contribution in [2.45, 2.75) is 32.8 Å². The van der Waals surface area contributed by atoms with Gasteiger partial charge in [0.1, 0.15) is 17.1 Å². The molecule has 0 saturated heterocycles. The number of nitrogens with zero attached hydrogens (tertiary/aromatic N) is 1. The second-order valence-electron chi connectivity index (χ2n) is 11.3. The van der Waals surface area contributed by atoms with Gasteiger partial charge >= 0.3 is 6.09 Å². The number of anilines is 2. The van der Waals surface area contributed by atoms with E-state index in [0.717, 1.165) is 11.1 Å². The first-order valence-electron chi connectivity index (χ1n) is 14.2. The van der Waals surface area contributed by atoms with Crippen molar-refractivity contribution in [1.82, 2.24) is 0 Å². The first kappa shape index (κ1) is 30.1. The van der Waals surface area contributed by atoms with E-state index in [4.69, 9.17) is 14.2 Å². The summed E-state index contributed by atoms with van der Waals surface area (Å²) >= 11 is 0. The minimum absolute atomic E-state index is 0.326. The van der Waals surface area contributed by atoms with Gasteiger partial charge in [-0.2, -0.15) is 0 Å². The van der Waals surface area contributed by atoms with Crippen LogP contribution in [0, 0.1) is 0 Å². The topological polar surface area (TPSA) is 94.2 Å². The highest BCUT2D eigenvalue weighted by atomic mass is 16.6. The van der Waals surface area contributed by atoms with Crippen molar-refractivity contribution < 1.29 is 28.6 Å². The maximum absolute atomic E-state index is 13.9. The molecule has 4 aromatic rings. The van der Waals surface area contributed by atoms with Crippen LogP contribution in [0.1, 0.15) is 43.0 Å². The Morgan fingerprint density at radius 1 is 0.659 bits per heavy atom. The van der Waals surface area contributed by atoms with E-state index in [9.17, 15) is 14.4 Å². The number of ether oxygens (including phenoxy) is 3. The monoisotopic (exact) mass is 590 g/mol. The maximum Gasteiger partial charge on any atom is 0.412 e. The normalized spacial score (nSPS) is 13.2. The van der Waals surface area contributed by atoms with Gasteiger partial charge in [0.05, 0.1) is 31.1 Å². The smallest absolute Gasteiger partial charge is 0.412 e. The van der Waals surface area contributed by atoms with Crippen LogP contribution in [0.3, 0.4) is 0 Å². The molecule has 0 spiro atoms. The molecule has 0 radical (unpaired) electrons. The SMILES string of the molecule is COc1ccc(C2=C(c3ccc(OC)cc3)C(=O)N(c3ccc(Cc4ccc(NC(=O)OC(C)(C)C)cc4)cc3)C2=O)cc1. The lowest BCUT2D eigenvalue weighted by molar-refractivity contribution is -0.119. The highest BCUT2D eigenvalue weighted by Crippen LogP contribution is 2.39. The number of hydrogen-bond acceptors (Lipinski definition) is 6. The number of amides is 3. The van der Waals surface area contributed by atoms with Crippen molar-refractivity contribution in [3.63, 3.8) is 0 Å². The molecular weight excluding hydrogens is 556 g/mol. The predicted molar refractivity (Wildman–Crippen MR) is 171 cm³/mol. The molecular formula is C36H34N2O6. The summed E-state index contributed by atoms with van der Waals surface area (Å²) in [5.41, 5.74) is 4.47. The van der Waals surface area contributed by atoms with Crippen LogP contribution in [0.5, 0.6) is 11.5 Å². The van der Waals surface area contributed by atoms with E-state index in [0.29, 0.717) is 51.6 Å². The summed E-state index contributed by atoms with van der Waals surface area (Å²) in [5, 5.41) is 2.73. The molecule has 0 bridgehead atoms. The van der Waals surface area contributed by atoms with Crippen LogP contribution in [0.15, 0.2) is 97.1 Å². The number of hydrogen-bond donors (Lipinski definition) is 1. The molecule has 1 aliphatic rings. The van der Waals surface area contributed by atoms with Gasteiger partial charge in [-0.1, -0.05) is 48.5 Å². The third-order valence-corrected chi connectivity index (χ3v) is 7.04. The summed E-state index contributed by atoms with van der Waals surface area (Å²) in [4.78, 5) is 41.1. The lowest BCUT2D eigenvalue weighted by Crippen LogP contribution is -2.31. The molecule has 0 unspecified atom stereocenters. The summed E-state index contributed by atoms with van der Waals surface area (Å²) in [7, 11) is 3.15. The fraction of sp³-hybridized carbons (Fsp3) is 0.194. The van der Waals surface area contributed by atoms with Crippen LogP contribution in [-0.4, -0.2) is 37.7 Å². The molecule has 0 saturated carbocycles. The molecule has 0 aromatic heterocycles. The van der Waals surface area contributed by atoms with E-state index in [1.807, 2.05) is 57.2 Å². The fourth-order valence-electron chi connectivity index (χ4n) is 4.94. The van der Waals surface area contributed by atoms with Gasteiger partial charge in [0.25, 0.3) is 11.8 Å². The Balaban J connectivity index is 1.36. The van der Waals surface area contributed by atoms with Gasteiger partial charge in [-0.05, 0) is 98.0 Å². The molecule has 3 amide bonds. The number of rotatable bonds is 8. The minimum Gasteiger partial charge on any atom is -0.497 e. The highest BCUT2D eigenvalue weighted by Gasteiger charge is 2.40. The number of benzene rings is 4. The van der Waals surface area contributed by atoms with Gasteiger partial charge in [0.15, 0.2) is 0 Å². The van der Waals surface area contributed by atoms with Crippen molar-refractivity contribution in [3.8, 4) is 11.5 Å². The van der Waals surface area contributed by atoms with E-state index in [2.05, 4.69) is 5.32 Å². The van der Waals surface area contributed by atoms with Gasteiger partial charge < -0.3 is 14.2 Å². The summed E-state index contributed by atoms with van der Waals surface area (Å²) in [6, 6.07) is 29.1. The Morgan fingerprint density at radius 3 is 1.50 bits per heavy atom. The molecule has 1 heterocycles. The third-order valence-electron chi connectivity index (χ3n) is 7.04. The zero-order chi connectivity index (χ0) is 31.4. The largest absolute Gasteiger partial charge is 0.497 e. The van der Waals surface area contributed by atoms with Crippen LogP contribution >= 0.6 is 0 Å². The van der Waals surface area contributed by atoms with Gasteiger partial charge in [-0.15, -0.1) is 0 Å². The van der Waals surface area contributed by atoms with Crippen LogP contribution in [0.4, 0.5) is 16.2 Å². The van der Waals surface area contributed by atoms with Gasteiger partial charge in [0.2, 0.25) is 0 Å². The average Bonchev–Trinajstić information content (AvgIpc) is 3.27. The zero-order valence-electron chi connectivity index (χ0n) is 25.3. The van der Waals surface area contributed by atoms with Crippen molar-refractivity contribution in [3.05, 3.63) is 119 Å². The van der Waals surface area contributed by atoms with Gasteiger partial charge in [-0.25, -0.2) is 9.69 Å². The van der Waals surface area contributed by atoms with Crippen LogP contribution in [0.2, 0.25) is 0 Å². The van der Waals surface area contributed by atoms with Crippen molar-refractivity contribution in [2.75, 3.05) is 24.4 Å². The first-order valence-corrected chi connectivity index (χ1v) is 14.2. The Kier molecular flexibility index (Phi) is 8.53. The van der Waals surface area contributed by atoms with Crippen molar-refractivity contribution >= 4 is 40.4 Å². The molecule has 1 aliphatic heterocycles. The van der Waals surface area contributed by atoms with E-state index < -0.39 is 23.5 Å². The summed E-state index contributed by atoms with van der Waals surface area (Å²) in [6.07, 6.45) is 0.119. The lowest BCUT2D eigenvalue weighted by Gasteiger charge is -2.19. The van der Waals surface area contributed by atoms with Crippen molar-refractivity contribution in [1.29, 1.82) is 0 Å². The second kappa shape index (κ2) is 12.5. The van der Waals surface area contributed by atoms with Crippen molar-refractivity contribution in [2.24, 2.45) is 0 Å². The van der Waals surface area contributed by atoms with E-state index in [-0.39, 0.29) is 0 Å². The Labute approximate surface area is 256 Å². The number of nitrogens with one attached hydrogen (secondary N) is 1. The number of carbonyl (C=O) groups is 3. The molecule has 0 aliphatic carbocycles. The fourth-order valence-corrected chi connectivity index (χ4v) is 4.94. The third kappa shape index (κ3) is 6.65.